The summed E-state index contributed by atoms with van der Waals surface area (Å²) >= 11 is 7.05. The molecule has 100 valence electrons. The molecule has 0 saturated heterocycles. The van der Waals surface area contributed by atoms with Crippen LogP contribution in [0.5, 0.6) is 0 Å². The highest BCUT2D eigenvalue weighted by molar-refractivity contribution is 9.11. The first-order chi connectivity index (χ1) is 9.61. The van der Waals surface area contributed by atoms with Crippen molar-refractivity contribution < 1.29 is 9.59 Å². The number of hydrogen-bond donors (Lipinski definition) is 0. The lowest BCUT2D eigenvalue weighted by atomic mass is 9.84. The number of ketones is 2. The Labute approximate surface area is 133 Å². The fraction of sp³-hybridized carbons (Fsp3) is 0.250. The second-order valence-corrected chi connectivity index (χ2v) is 7.23. The van der Waals surface area contributed by atoms with Crippen LogP contribution in [0.2, 0.25) is 0 Å². The number of halogens is 2. The summed E-state index contributed by atoms with van der Waals surface area (Å²) in [7, 11) is 0. The molecule has 1 aromatic carbocycles. The van der Waals surface area contributed by atoms with Crippen molar-refractivity contribution in [1.29, 1.82) is 0 Å². The maximum Gasteiger partial charge on any atom is 0.168 e. The van der Waals surface area contributed by atoms with E-state index in [1.165, 1.54) is 0 Å². The van der Waals surface area contributed by atoms with Gasteiger partial charge in [-0.1, -0.05) is 62.2 Å². The number of benzene rings is 1. The SMILES string of the molecule is O=C1C2C=CC=C(Br)C2C2C(=O)c3cccc(Br)c3C12. The smallest absolute Gasteiger partial charge is 0.168 e. The minimum atomic E-state index is -0.299. The molecule has 4 heteroatoms. The second kappa shape index (κ2) is 4.25. The summed E-state index contributed by atoms with van der Waals surface area (Å²) in [6.45, 7) is 0. The van der Waals surface area contributed by atoms with Crippen LogP contribution in [-0.4, -0.2) is 11.6 Å². The molecule has 20 heavy (non-hydrogen) atoms. The van der Waals surface area contributed by atoms with E-state index in [9.17, 15) is 9.59 Å². The van der Waals surface area contributed by atoms with E-state index in [1.54, 1.807) is 0 Å². The third kappa shape index (κ3) is 1.44. The van der Waals surface area contributed by atoms with Gasteiger partial charge in [0, 0.05) is 27.8 Å². The molecule has 0 aliphatic heterocycles. The highest BCUT2D eigenvalue weighted by Gasteiger charge is 2.58. The van der Waals surface area contributed by atoms with Crippen LogP contribution in [0.1, 0.15) is 21.8 Å². The van der Waals surface area contributed by atoms with Crippen molar-refractivity contribution in [1.82, 2.24) is 0 Å². The summed E-state index contributed by atoms with van der Waals surface area (Å²) in [6.07, 6.45) is 5.78. The Balaban J connectivity index is 1.95. The van der Waals surface area contributed by atoms with Crippen molar-refractivity contribution in [3.05, 3.63) is 56.5 Å². The van der Waals surface area contributed by atoms with E-state index in [1.807, 2.05) is 36.4 Å². The summed E-state index contributed by atoms with van der Waals surface area (Å²) < 4.78 is 1.83. The molecule has 3 aliphatic rings. The molecular weight excluding hydrogens is 384 g/mol. The van der Waals surface area contributed by atoms with Gasteiger partial charge in [0.2, 0.25) is 0 Å². The molecular formula is C16H10Br2O2. The Morgan fingerprint density at radius 2 is 1.85 bits per heavy atom. The fourth-order valence-corrected chi connectivity index (χ4v) is 5.15. The average Bonchev–Trinajstić information content (AvgIpc) is 2.88. The first-order valence-electron chi connectivity index (χ1n) is 6.51. The van der Waals surface area contributed by atoms with Crippen LogP contribution in [0.15, 0.2) is 45.4 Å². The standard InChI is InChI=1S/C16H10Br2O2/c17-9-5-1-3-7-11(9)13-14(15(7)19)12-8(16(13)20)4-2-6-10(12)18/h1-7,11,13-14H. The summed E-state index contributed by atoms with van der Waals surface area (Å²) in [5.41, 5.74) is 1.59. The van der Waals surface area contributed by atoms with E-state index in [2.05, 4.69) is 31.9 Å². The van der Waals surface area contributed by atoms with Gasteiger partial charge in [0.05, 0.1) is 5.92 Å². The van der Waals surface area contributed by atoms with Gasteiger partial charge in [0.15, 0.2) is 5.78 Å². The molecule has 4 unspecified atom stereocenters. The van der Waals surface area contributed by atoms with Crippen LogP contribution < -0.4 is 0 Å². The van der Waals surface area contributed by atoms with Gasteiger partial charge in [-0.3, -0.25) is 9.59 Å². The predicted molar refractivity (Wildman–Crippen MR) is 82.8 cm³/mol. The van der Waals surface area contributed by atoms with E-state index in [-0.39, 0.29) is 35.2 Å². The first-order valence-corrected chi connectivity index (χ1v) is 8.10. The lowest BCUT2D eigenvalue weighted by Gasteiger charge is -2.22. The van der Waals surface area contributed by atoms with Crippen molar-refractivity contribution in [3.8, 4) is 0 Å². The molecule has 0 bridgehead atoms. The highest BCUT2D eigenvalue weighted by atomic mass is 79.9. The monoisotopic (exact) mass is 392 g/mol. The normalized spacial score (nSPS) is 33.8. The zero-order valence-electron chi connectivity index (χ0n) is 10.3. The van der Waals surface area contributed by atoms with Gasteiger partial charge in [-0.25, -0.2) is 0 Å². The van der Waals surface area contributed by atoms with Crippen LogP contribution >= 0.6 is 31.9 Å². The highest BCUT2D eigenvalue weighted by Crippen LogP contribution is 2.57. The van der Waals surface area contributed by atoms with Crippen LogP contribution in [0.4, 0.5) is 0 Å². The Morgan fingerprint density at radius 3 is 2.65 bits per heavy atom. The van der Waals surface area contributed by atoms with Crippen molar-refractivity contribution in [2.45, 2.75) is 5.92 Å². The van der Waals surface area contributed by atoms with Gasteiger partial charge in [-0.15, -0.1) is 0 Å². The lowest BCUT2D eigenvalue weighted by Crippen LogP contribution is -2.22. The molecule has 1 saturated carbocycles. The van der Waals surface area contributed by atoms with E-state index in [0.29, 0.717) is 5.56 Å². The predicted octanol–water partition coefficient (Wildman–Crippen LogP) is 4.01. The van der Waals surface area contributed by atoms with Crippen molar-refractivity contribution in [2.24, 2.45) is 17.8 Å². The number of allylic oxidation sites excluding steroid dienone is 4. The minimum Gasteiger partial charge on any atom is -0.298 e. The Hall–Kier alpha value is -1.00. The number of Topliss-reactive ketones (excluding diaryl/α,β-unsaturated/α-hetero) is 2. The lowest BCUT2D eigenvalue weighted by molar-refractivity contribution is -0.121. The van der Waals surface area contributed by atoms with E-state index in [4.69, 9.17) is 0 Å². The quantitative estimate of drug-likeness (QED) is 0.667. The van der Waals surface area contributed by atoms with Crippen LogP contribution in [0, 0.1) is 17.8 Å². The third-order valence-corrected chi connectivity index (χ3v) is 6.08. The largest absolute Gasteiger partial charge is 0.298 e. The van der Waals surface area contributed by atoms with Crippen molar-refractivity contribution >= 4 is 43.4 Å². The molecule has 0 radical (unpaired) electrons. The number of carbonyl (C=O) groups is 2. The van der Waals surface area contributed by atoms with Crippen LogP contribution in [0.3, 0.4) is 0 Å². The average molecular weight is 394 g/mol. The maximum atomic E-state index is 12.8. The van der Waals surface area contributed by atoms with E-state index < -0.39 is 0 Å². The molecule has 1 aromatic rings. The molecule has 4 atom stereocenters. The van der Waals surface area contributed by atoms with Gasteiger partial charge >= 0.3 is 0 Å². The number of carbonyl (C=O) groups excluding carboxylic acids is 2. The molecule has 3 aliphatic carbocycles. The minimum absolute atomic E-state index is 0.0377. The molecule has 0 heterocycles. The van der Waals surface area contributed by atoms with Gasteiger partial charge in [0.25, 0.3) is 0 Å². The third-order valence-electron chi connectivity index (χ3n) is 4.59. The van der Waals surface area contributed by atoms with Gasteiger partial charge in [-0.2, -0.15) is 0 Å². The van der Waals surface area contributed by atoms with Crippen LogP contribution in [0.25, 0.3) is 0 Å². The van der Waals surface area contributed by atoms with Crippen molar-refractivity contribution in [2.75, 3.05) is 0 Å². The summed E-state index contributed by atoms with van der Waals surface area (Å²) in [6, 6.07) is 5.60. The van der Waals surface area contributed by atoms with Crippen molar-refractivity contribution in [3.63, 3.8) is 0 Å². The molecule has 0 N–H and O–H groups in total. The molecule has 0 spiro atoms. The summed E-state index contributed by atoms with van der Waals surface area (Å²) in [5, 5.41) is 0. The molecule has 1 fully saturated rings. The molecule has 2 nitrogen and oxygen atoms in total. The number of rotatable bonds is 0. The fourth-order valence-electron chi connectivity index (χ4n) is 3.81. The second-order valence-electron chi connectivity index (χ2n) is 5.46. The van der Waals surface area contributed by atoms with Gasteiger partial charge in [-0.05, 0) is 16.1 Å². The Bertz CT molecular complexity index is 717. The van der Waals surface area contributed by atoms with Crippen LogP contribution in [-0.2, 0) is 4.79 Å². The summed E-state index contributed by atoms with van der Waals surface area (Å²) in [5.74, 6) is -0.491. The summed E-state index contributed by atoms with van der Waals surface area (Å²) in [4.78, 5) is 25.5. The Kier molecular flexibility index (Phi) is 2.70. The number of fused-ring (bicyclic) bond motifs is 5. The van der Waals surface area contributed by atoms with Gasteiger partial charge in [0.1, 0.15) is 5.78 Å². The van der Waals surface area contributed by atoms with Gasteiger partial charge < -0.3 is 0 Å². The first kappa shape index (κ1) is 12.7. The van der Waals surface area contributed by atoms with E-state index in [0.717, 1.165) is 14.5 Å². The topological polar surface area (TPSA) is 34.1 Å². The maximum absolute atomic E-state index is 12.8. The molecule has 4 rings (SSSR count). The molecule has 0 aromatic heterocycles. The zero-order chi connectivity index (χ0) is 14.0. The zero-order valence-corrected chi connectivity index (χ0v) is 13.5. The molecule has 0 amide bonds. The Morgan fingerprint density at radius 1 is 1.05 bits per heavy atom. The van der Waals surface area contributed by atoms with E-state index >= 15 is 0 Å². The number of hydrogen-bond acceptors (Lipinski definition) is 2.